The van der Waals surface area contributed by atoms with Gasteiger partial charge in [0.25, 0.3) is 0 Å². The van der Waals surface area contributed by atoms with Crippen LogP contribution < -0.4 is 0 Å². The molecule has 1 rings (SSSR count). The van der Waals surface area contributed by atoms with Gasteiger partial charge in [0, 0.05) is 17.8 Å². The van der Waals surface area contributed by atoms with Crippen molar-refractivity contribution in [3.8, 4) is 0 Å². The fourth-order valence-corrected chi connectivity index (χ4v) is 1.59. The van der Waals surface area contributed by atoms with Gasteiger partial charge in [0.2, 0.25) is 0 Å². The lowest BCUT2D eigenvalue weighted by Crippen LogP contribution is -2.16. The van der Waals surface area contributed by atoms with Crippen LogP contribution in [-0.2, 0) is 0 Å². The van der Waals surface area contributed by atoms with Crippen LogP contribution in [0.25, 0.3) is 0 Å². The number of aromatic nitrogens is 1. The molecule has 1 aromatic heterocycles. The first kappa shape index (κ1) is 11.2. The van der Waals surface area contributed by atoms with Crippen LogP contribution in [0.2, 0.25) is 0 Å². The third kappa shape index (κ3) is 3.46. The Bertz CT molecular complexity index is 244. The van der Waals surface area contributed by atoms with Gasteiger partial charge in [-0.1, -0.05) is 13.0 Å². The van der Waals surface area contributed by atoms with E-state index in [1.165, 1.54) is 18.5 Å². The Morgan fingerprint density at radius 2 is 2.14 bits per heavy atom. The van der Waals surface area contributed by atoms with Crippen LogP contribution in [0, 0.1) is 0 Å². The lowest BCUT2D eigenvalue weighted by molar-refractivity contribution is 0.376. The van der Waals surface area contributed by atoms with Crippen LogP contribution in [0.4, 0.5) is 0 Å². The Morgan fingerprint density at radius 3 is 2.64 bits per heavy atom. The second kappa shape index (κ2) is 5.76. The van der Waals surface area contributed by atoms with E-state index in [4.69, 9.17) is 0 Å². The zero-order chi connectivity index (χ0) is 10.4. The van der Waals surface area contributed by atoms with Gasteiger partial charge in [-0.15, -0.1) is 0 Å². The van der Waals surface area contributed by atoms with E-state index in [1.807, 2.05) is 12.3 Å². The van der Waals surface area contributed by atoms with Gasteiger partial charge in [-0.3, -0.25) is 4.98 Å². The summed E-state index contributed by atoms with van der Waals surface area (Å²) >= 11 is 0. The molecule has 0 aliphatic carbocycles. The van der Waals surface area contributed by atoms with Gasteiger partial charge in [-0.25, -0.2) is 0 Å². The molecule has 2 heteroatoms. The fraction of sp³-hybridized carbons (Fsp3) is 0.583. The molecule has 0 aliphatic rings. The maximum atomic E-state index is 4.41. The molecular weight excluding hydrogens is 172 g/mol. The Balaban J connectivity index is 2.54. The molecule has 78 valence electrons. The molecule has 0 aliphatic heterocycles. The van der Waals surface area contributed by atoms with Crippen molar-refractivity contribution in [3.05, 3.63) is 30.1 Å². The fourth-order valence-electron chi connectivity index (χ4n) is 1.59. The minimum Gasteiger partial charge on any atom is -0.309 e. The molecule has 0 saturated heterocycles. The van der Waals surface area contributed by atoms with E-state index >= 15 is 0 Å². The van der Waals surface area contributed by atoms with Gasteiger partial charge < -0.3 is 4.90 Å². The van der Waals surface area contributed by atoms with Gasteiger partial charge in [0.05, 0.1) is 0 Å². The predicted octanol–water partition coefficient (Wildman–Crippen LogP) is 2.53. The summed E-state index contributed by atoms with van der Waals surface area (Å²) in [5.41, 5.74) is 1.23. The van der Waals surface area contributed by atoms with Crippen molar-refractivity contribution >= 4 is 0 Å². The summed E-state index contributed by atoms with van der Waals surface area (Å²) in [6.07, 6.45) is 4.25. The van der Waals surface area contributed by atoms with E-state index in [9.17, 15) is 0 Å². The van der Waals surface area contributed by atoms with E-state index in [0.717, 1.165) is 6.54 Å². The second-order valence-corrected chi connectivity index (χ2v) is 3.95. The van der Waals surface area contributed by atoms with Crippen molar-refractivity contribution in [3.63, 3.8) is 0 Å². The summed E-state index contributed by atoms with van der Waals surface area (Å²) in [4.78, 5) is 6.64. The minimum atomic E-state index is 0.610. The van der Waals surface area contributed by atoms with Crippen molar-refractivity contribution in [2.45, 2.75) is 25.7 Å². The summed E-state index contributed by atoms with van der Waals surface area (Å²) in [6, 6.07) is 6.17. The van der Waals surface area contributed by atoms with E-state index in [0.29, 0.717) is 5.92 Å². The van der Waals surface area contributed by atoms with Crippen LogP contribution in [0.3, 0.4) is 0 Å². The van der Waals surface area contributed by atoms with E-state index in [-0.39, 0.29) is 0 Å². The largest absolute Gasteiger partial charge is 0.309 e. The Hall–Kier alpha value is -0.890. The Labute approximate surface area is 87.0 Å². The topological polar surface area (TPSA) is 16.1 Å². The van der Waals surface area contributed by atoms with E-state index < -0.39 is 0 Å². The summed E-state index contributed by atoms with van der Waals surface area (Å²) in [7, 11) is 4.23. The molecule has 0 amide bonds. The molecule has 0 spiro atoms. The standard InChI is InChI=1S/C12H20N2/c1-4-11(8-10-14(2)3)12-7-5-6-9-13-12/h5-7,9,11H,4,8,10H2,1-3H3. The Kier molecular flexibility index (Phi) is 4.60. The molecule has 1 unspecified atom stereocenters. The van der Waals surface area contributed by atoms with Gasteiger partial charge in [-0.05, 0) is 45.6 Å². The third-order valence-electron chi connectivity index (χ3n) is 2.52. The molecular formula is C12H20N2. The molecule has 2 nitrogen and oxygen atoms in total. The molecule has 0 fully saturated rings. The highest BCUT2D eigenvalue weighted by molar-refractivity contribution is 5.09. The second-order valence-electron chi connectivity index (χ2n) is 3.95. The minimum absolute atomic E-state index is 0.610. The highest BCUT2D eigenvalue weighted by Crippen LogP contribution is 2.20. The Morgan fingerprint density at radius 1 is 1.36 bits per heavy atom. The first-order valence-corrected chi connectivity index (χ1v) is 5.29. The first-order chi connectivity index (χ1) is 6.74. The van der Waals surface area contributed by atoms with E-state index in [1.54, 1.807) is 0 Å². The van der Waals surface area contributed by atoms with Crippen molar-refractivity contribution < 1.29 is 0 Å². The number of hydrogen-bond donors (Lipinski definition) is 0. The van der Waals surface area contributed by atoms with Crippen molar-refractivity contribution in [2.24, 2.45) is 0 Å². The number of rotatable bonds is 5. The molecule has 1 heterocycles. The normalized spacial score (nSPS) is 13.1. The van der Waals surface area contributed by atoms with Crippen LogP contribution in [0.1, 0.15) is 31.4 Å². The lowest BCUT2D eigenvalue weighted by atomic mass is 9.98. The van der Waals surface area contributed by atoms with Crippen molar-refractivity contribution in [1.82, 2.24) is 9.88 Å². The first-order valence-electron chi connectivity index (χ1n) is 5.29. The molecule has 1 atom stereocenters. The maximum Gasteiger partial charge on any atom is 0.0434 e. The highest BCUT2D eigenvalue weighted by atomic mass is 15.0. The molecule has 1 aromatic rings. The summed E-state index contributed by atoms with van der Waals surface area (Å²) in [6.45, 7) is 3.37. The average Bonchev–Trinajstić information content (AvgIpc) is 2.20. The van der Waals surface area contributed by atoms with Crippen LogP contribution in [-0.4, -0.2) is 30.5 Å². The van der Waals surface area contributed by atoms with Crippen molar-refractivity contribution in [2.75, 3.05) is 20.6 Å². The average molecular weight is 192 g/mol. The number of nitrogens with zero attached hydrogens (tertiary/aromatic N) is 2. The zero-order valence-electron chi connectivity index (χ0n) is 9.40. The number of pyridine rings is 1. The highest BCUT2D eigenvalue weighted by Gasteiger charge is 2.09. The summed E-state index contributed by atoms with van der Waals surface area (Å²) < 4.78 is 0. The van der Waals surface area contributed by atoms with Gasteiger partial charge in [-0.2, -0.15) is 0 Å². The summed E-state index contributed by atoms with van der Waals surface area (Å²) in [5, 5.41) is 0. The van der Waals surface area contributed by atoms with Crippen LogP contribution in [0.15, 0.2) is 24.4 Å². The lowest BCUT2D eigenvalue weighted by Gasteiger charge is -2.16. The molecule has 0 N–H and O–H groups in total. The quantitative estimate of drug-likeness (QED) is 0.712. The molecule has 0 bridgehead atoms. The SMILES string of the molecule is CCC(CCN(C)C)c1ccccn1. The van der Waals surface area contributed by atoms with Crippen LogP contribution >= 0.6 is 0 Å². The zero-order valence-corrected chi connectivity index (χ0v) is 9.40. The predicted molar refractivity (Wildman–Crippen MR) is 60.4 cm³/mol. The summed E-state index contributed by atoms with van der Waals surface area (Å²) in [5.74, 6) is 0.610. The third-order valence-corrected chi connectivity index (χ3v) is 2.52. The van der Waals surface area contributed by atoms with Gasteiger partial charge in [0.1, 0.15) is 0 Å². The number of hydrogen-bond acceptors (Lipinski definition) is 2. The van der Waals surface area contributed by atoms with E-state index in [2.05, 4.69) is 43.0 Å². The maximum absolute atomic E-state index is 4.41. The van der Waals surface area contributed by atoms with Gasteiger partial charge >= 0.3 is 0 Å². The molecule has 14 heavy (non-hydrogen) atoms. The molecule has 0 aromatic carbocycles. The smallest absolute Gasteiger partial charge is 0.0434 e. The van der Waals surface area contributed by atoms with Crippen molar-refractivity contribution in [1.29, 1.82) is 0 Å². The monoisotopic (exact) mass is 192 g/mol. The molecule has 0 saturated carbocycles. The molecule has 0 radical (unpaired) electrons. The van der Waals surface area contributed by atoms with Gasteiger partial charge in [0.15, 0.2) is 0 Å². The van der Waals surface area contributed by atoms with Crippen LogP contribution in [0.5, 0.6) is 0 Å².